The van der Waals surface area contributed by atoms with E-state index in [0.717, 1.165) is 18.1 Å². The lowest BCUT2D eigenvalue weighted by atomic mass is 9.98. The molecule has 1 fully saturated rings. The van der Waals surface area contributed by atoms with Crippen molar-refractivity contribution in [2.24, 2.45) is 0 Å². The van der Waals surface area contributed by atoms with Gasteiger partial charge in [-0.3, -0.25) is 5.41 Å². The number of hydrogen-bond acceptors (Lipinski definition) is 5. The van der Waals surface area contributed by atoms with E-state index < -0.39 is 24.3 Å². The second kappa shape index (κ2) is 9.58. The van der Waals surface area contributed by atoms with Gasteiger partial charge in [-0.15, -0.1) is 0 Å². The van der Waals surface area contributed by atoms with E-state index in [1.54, 1.807) is 0 Å². The van der Waals surface area contributed by atoms with Crippen molar-refractivity contribution in [1.29, 1.82) is 5.41 Å². The van der Waals surface area contributed by atoms with Gasteiger partial charge in [0.05, 0.1) is 18.2 Å². The summed E-state index contributed by atoms with van der Waals surface area (Å²) in [5.41, 5.74) is 0. The van der Waals surface area contributed by atoms with Gasteiger partial charge in [-0.25, -0.2) is 0 Å². The molecule has 0 aromatic rings. The second-order valence-corrected chi connectivity index (χ2v) is 13.8. The Morgan fingerprint density at radius 3 is 2.12 bits per heavy atom. The van der Waals surface area contributed by atoms with Crippen LogP contribution in [0.25, 0.3) is 0 Å². The number of rotatable bonds is 7. The molecule has 1 aliphatic rings. The standard InChI is InChI=1S/C16H31Cl3N2O3Si/c1-7-25(8-2,9-3)24-12-10-13(23-15(20)16(17,18)19)22-11(4)14(12)21(5)6/h11-14,20H,7-10H2,1-6H3/t11-,12-,13-,14+/m0/s1. The van der Waals surface area contributed by atoms with E-state index in [9.17, 15) is 0 Å². The first kappa shape index (κ1) is 23.5. The minimum atomic E-state index is -1.89. The summed E-state index contributed by atoms with van der Waals surface area (Å²) >= 11 is 17.2. The minimum Gasteiger partial charge on any atom is -0.448 e. The Morgan fingerprint density at radius 1 is 1.20 bits per heavy atom. The fraction of sp³-hybridized carbons (Fsp3) is 0.938. The Bertz CT molecular complexity index is 437. The molecule has 1 aliphatic heterocycles. The van der Waals surface area contributed by atoms with Crippen molar-refractivity contribution in [3.8, 4) is 0 Å². The first-order valence-corrected chi connectivity index (χ1v) is 12.5. The number of hydrogen-bond donors (Lipinski definition) is 1. The van der Waals surface area contributed by atoms with Crippen LogP contribution in [-0.2, 0) is 13.9 Å². The zero-order chi connectivity index (χ0) is 19.4. The van der Waals surface area contributed by atoms with Crippen LogP contribution in [-0.4, -0.2) is 61.5 Å². The summed E-state index contributed by atoms with van der Waals surface area (Å²) in [5.74, 6) is -0.429. The summed E-state index contributed by atoms with van der Waals surface area (Å²) in [6.45, 7) is 8.61. The lowest BCUT2D eigenvalue weighted by molar-refractivity contribution is -0.200. The average molecular weight is 434 g/mol. The topological polar surface area (TPSA) is 54.8 Å². The number of alkyl halides is 3. The Balaban J connectivity index is 2.97. The highest BCUT2D eigenvalue weighted by molar-refractivity contribution is 6.76. The van der Waals surface area contributed by atoms with Gasteiger partial charge in [0, 0.05) is 6.42 Å². The molecule has 0 aromatic heterocycles. The largest absolute Gasteiger partial charge is 0.448 e. The predicted octanol–water partition coefficient (Wildman–Crippen LogP) is 4.81. The first-order valence-electron chi connectivity index (χ1n) is 8.81. The number of nitrogens with zero attached hydrogens (tertiary/aromatic N) is 1. The highest BCUT2D eigenvalue weighted by Gasteiger charge is 2.44. The number of halogens is 3. The average Bonchev–Trinajstić information content (AvgIpc) is 2.51. The van der Waals surface area contributed by atoms with Gasteiger partial charge < -0.3 is 18.8 Å². The van der Waals surface area contributed by atoms with Crippen molar-refractivity contribution < 1.29 is 13.9 Å². The molecule has 25 heavy (non-hydrogen) atoms. The molecule has 1 heterocycles. The van der Waals surface area contributed by atoms with Crippen molar-refractivity contribution in [2.75, 3.05) is 14.1 Å². The van der Waals surface area contributed by atoms with Crippen molar-refractivity contribution in [2.45, 2.75) is 80.6 Å². The molecule has 0 unspecified atom stereocenters. The first-order chi connectivity index (χ1) is 11.5. The molecule has 1 saturated heterocycles. The molecule has 148 valence electrons. The van der Waals surface area contributed by atoms with Crippen LogP contribution in [0.15, 0.2) is 0 Å². The normalized spacial score (nSPS) is 28.2. The van der Waals surface area contributed by atoms with Gasteiger partial charge in [0.25, 0.3) is 3.79 Å². The Labute approximate surface area is 167 Å². The Morgan fingerprint density at radius 2 is 1.72 bits per heavy atom. The summed E-state index contributed by atoms with van der Waals surface area (Å²) in [4.78, 5) is 2.13. The molecule has 0 aliphatic carbocycles. The molecule has 1 rings (SSSR count). The van der Waals surface area contributed by atoms with E-state index in [1.165, 1.54) is 0 Å². The van der Waals surface area contributed by atoms with Gasteiger partial charge in [-0.2, -0.15) is 0 Å². The van der Waals surface area contributed by atoms with Crippen LogP contribution >= 0.6 is 34.8 Å². The monoisotopic (exact) mass is 432 g/mol. The van der Waals surface area contributed by atoms with Crippen LogP contribution in [0.3, 0.4) is 0 Å². The molecule has 0 amide bonds. The molecule has 4 atom stereocenters. The molecule has 0 aromatic carbocycles. The Kier molecular flexibility index (Phi) is 8.99. The summed E-state index contributed by atoms with van der Waals surface area (Å²) in [6, 6.07) is 3.32. The summed E-state index contributed by atoms with van der Waals surface area (Å²) in [7, 11) is 2.25. The Hall–Kier alpha value is 0.437. The van der Waals surface area contributed by atoms with Crippen LogP contribution in [0.2, 0.25) is 18.1 Å². The van der Waals surface area contributed by atoms with E-state index in [0.29, 0.717) is 6.42 Å². The van der Waals surface area contributed by atoms with E-state index in [1.807, 2.05) is 21.0 Å². The molecule has 1 N–H and O–H groups in total. The maximum absolute atomic E-state index is 7.79. The van der Waals surface area contributed by atoms with E-state index in [2.05, 4.69) is 25.7 Å². The fourth-order valence-corrected chi connectivity index (χ4v) is 6.48. The molecule has 9 heteroatoms. The summed E-state index contributed by atoms with van der Waals surface area (Å²) < 4.78 is 16.3. The van der Waals surface area contributed by atoms with E-state index in [-0.39, 0.29) is 18.2 Å². The third-order valence-electron chi connectivity index (χ3n) is 5.09. The lowest BCUT2D eigenvalue weighted by Gasteiger charge is -2.46. The van der Waals surface area contributed by atoms with E-state index in [4.69, 9.17) is 54.1 Å². The van der Waals surface area contributed by atoms with Crippen LogP contribution in [0.5, 0.6) is 0 Å². The van der Waals surface area contributed by atoms with Gasteiger partial charge in [0.2, 0.25) is 12.2 Å². The van der Waals surface area contributed by atoms with Crippen molar-refractivity contribution in [3.63, 3.8) is 0 Å². The zero-order valence-electron chi connectivity index (χ0n) is 15.9. The third kappa shape index (κ3) is 6.23. The fourth-order valence-electron chi connectivity index (χ4n) is 3.47. The number of nitrogens with one attached hydrogen (secondary N) is 1. The minimum absolute atomic E-state index is 0.0431. The van der Waals surface area contributed by atoms with Crippen molar-refractivity contribution >= 4 is 49.0 Å². The van der Waals surface area contributed by atoms with E-state index >= 15 is 0 Å². The van der Waals surface area contributed by atoms with Crippen LogP contribution in [0.1, 0.15) is 34.1 Å². The molecular formula is C16H31Cl3N2O3Si. The molecular weight excluding hydrogens is 403 g/mol. The highest BCUT2D eigenvalue weighted by atomic mass is 35.6. The third-order valence-corrected chi connectivity index (χ3v) is 10.3. The molecule has 0 spiro atoms. The SMILES string of the molecule is CC[Si](CC)(CC)O[C@H]1C[C@H](OC(=N)C(Cl)(Cl)Cl)O[C@@H](C)[C@H]1N(C)C. The second-order valence-electron chi connectivity index (χ2n) is 6.81. The summed E-state index contributed by atoms with van der Waals surface area (Å²) in [6.07, 6.45) is -0.320. The van der Waals surface area contributed by atoms with Gasteiger partial charge >= 0.3 is 0 Å². The molecule has 0 bridgehead atoms. The number of ether oxygens (including phenoxy) is 2. The van der Waals surface area contributed by atoms with Crippen LogP contribution < -0.4 is 0 Å². The van der Waals surface area contributed by atoms with Crippen LogP contribution in [0, 0.1) is 5.41 Å². The van der Waals surface area contributed by atoms with Gasteiger partial charge in [0.1, 0.15) is 0 Å². The predicted molar refractivity (Wildman–Crippen MR) is 108 cm³/mol. The van der Waals surface area contributed by atoms with Gasteiger partial charge in [-0.1, -0.05) is 55.6 Å². The zero-order valence-corrected chi connectivity index (χ0v) is 19.2. The maximum Gasteiger partial charge on any atom is 0.265 e. The quantitative estimate of drug-likeness (QED) is 0.271. The molecule has 0 saturated carbocycles. The lowest BCUT2D eigenvalue weighted by Crippen LogP contribution is -2.58. The van der Waals surface area contributed by atoms with Crippen molar-refractivity contribution in [3.05, 3.63) is 0 Å². The molecule has 0 radical (unpaired) electrons. The van der Waals surface area contributed by atoms with Gasteiger partial charge in [0.15, 0.2) is 8.32 Å². The highest BCUT2D eigenvalue weighted by Crippen LogP contribution is 2.34. The number of likely N-dealkylation sites (N-methyl/N-ethyl adjacent to an activating group) is 1. The van der Waals surface area contributed by atoms with Crippen LogP contribution in [0.4, 0.5) is 0 Å². The smallest absolute Gasteiger partial charge is 0.265 e. The van der Waals surface area contributed by atoms with Gasteiger partial charge in [-0.05, 0) is 39.2 Å². The van der Waals surface area contributed by atoms with Crippen molar-refractivity contribution in [1.82, 2.24) is 4.90 Å². The maximum atomic E-state index is 7.79. The summed E-state index contributed by atoms with van der Waals surface area (Å²) in [5, 5.41) is 7.79. The molecule has 5 nitrogen and oxygen atoms in total.